The van der Waals surface area contributed by atoms with E-state index in [1.165, 1.54) is 77.5 Å². The minimum atomic E-state index is -0.487. The molecule has 0 spiro atoms. The lowest BCUT2D eigenvalue weighted by atomic mass is 9.67. The summed E-state index contributed by atoms with van der Waals surface area (Å²) in [6.45, 7) is 2.85. The topological polar surface area (TPSA) is 8.17 Å². The van der Waals surface area contributed by atoms with E-state index in [9.17, 15) is 0 Å². The molecule has 1 aromatic heterocycles. The lowest BCUT2D eigenvalue weighted by Crippen LogP contribution is -2.29. The summed E-state index contributed by atoms with van der Waals surface area (Å²) in [5.41, 5.74) is 17.8. The molecule has 0 N–H and O–H groups in total. The summed E-state index contributed by atoms with van der Waals surface area (Å²) in [4.78, 5) is 2.45. The normalized spacial score (nSPS) is 14.4. The van der Waals surface area contributed by atoms with Crippen LogP contribution in [0.5, 0.6) is 0 Å². The standard InChI is InChI=1S/C61H46N2/c1-2-53-54-24-12-15-27-57(54)61(48-20-8-4-9-21-48,49-22-10-5-11-23-49)58(53)42-43-62(50-36-30-45(31-37-50)44-18-6-3-7-19-44)51-38-32-46(33-39-51)47-34-40-52(41-35-47)63-59-28-16-13-25-55(59)56-26-14-17-29-60(56)63/h2-42H,43H2,1H3/b53-2?,58-42+. The van der Waals surface area contributed by atoms with Gasteiger partial charge in [-0.2, -0.15) is 0 Å². The summed E-state index contributed by atoms with van der Waals surface area (Å²) < 4.78 is 2.37. The van der Waals surface area contributed by atoms with Crippen molar-refractivity contribution >= 4 is 38.8 Å². The third kappa shape index (κ3) is 6.51. The van der Waals surface area contributed by atoms with E-state index >= 15 is 0 Å². The van der Waals surface area contributed by atoms with Gasteiger partial charge in [-0.05, 0) is 111 Å². The number of hydrogen-bond donors (Lipinski definition) is 0. The second-order valence-electron chi connectivity index (χ2n) is 16.3. The third-order valence-corrected chi connectivity index (χ3v) is 13.0. The van der Waals surface area contributed by atoms with Crippen LogP contribution in [0.1, 0.15) is 29.2 Å². The number of para-hydroxylation sites is 2. The highest BCUT2D eigenvalue weighted by atomic mass is 15.1. The van der Waals surface area contributed by atoms with Gasteiger partial charge < -0.3 is 9.47 Å². The molecule has 1 aliphatic rings. The Morgan fingerprint density at radius 3 is 1.38 bits per heavy atom. The summed E-state index contributed by atoms with van der Waals surface area (Å²) in [5.74, 6) is 0. The quantitative estimate of drug-likeness (QED) is 0.141. The first-order valence-corrected chi connectivity index (χ1v) is 21.9. The van der Waals surface area contributed by atoms with Crippen molar-refractivity contribution in [3.05, 3.63) is 277 Å². The van der Waals surface area contributed by atoms with Crippen molar-refractivity contribution < 1.29 is 0 Å². The summed E-state index contributed by atoms with van der Waals surface area (Å²) >= 11 is 0. The van der Waals surface area contributed by atoms with Crippen molar-refractivity contribution in [1.82, 2.24) is 4.57 Å². The van der Waals surface area contributed by atoms with E-state index in [2.05, 4.69) is 265 Å². The van der Waals surface area contributed by atoms with Crippen LogP contribution < -0.4 is 4.90 Å². The molecule has 0 aliphatic heterocycles. The van der Waals surface area contributed by atoms with Gasteiger partial charge in [-0.15, -0.1) is 0 Å². The molecule has 0 bridgehead atoms. The molecule has 2 heteroatoms. The van der Waals surface area contributed by atoms with Crippen LogP contribution in [0.15, 0.2) is 254 Å². The number of aromatic nitrogens is 1. The molecule has 0 radical (unpaired) electrons. The molecule has 63 heavy (non-hydrogen) atoms. The smallest absolute Gasteiger partial charge is 0.0711 e. The molecule has 0 amide bonds. The van der Waals surface area contributed by atoms with Crippen LogP contribution in [0, 0.1) is 0 Å². The summed E-state index contributed by atoms with van der Waals surface area (Å²) in [6.07, 6.45) is 4.79. The van der Waals surface area contributed by atoms with Gasteiger partial charge in [0.05, 0.1) is 16.4 Å². The van der Waals surface area contributed by atoms with E-state index in [1.807, 2.05) is 0 Å². The van der Waals surface area contributed by atoms with Gasteiger partial charge in [0.15, 0.2) is 0 Å². The molecule has 11 rings (SSSR count). The van der Waals surface area contributed by atoms with Crippen molar-refractivity contribution in [3.8, 4) is 27.9 Å². The summed E-state index contributed by atoms with van der Waals surface area (Å²) in [7, 11) is 0. The Labute approximate surface area is 370 Å². The van der Waals surface area contributed by atoms with Gasteiger partial charge in [0, 0.05) is 34.4 Å². The average molecular weight is 807 g/mol. The number of allylic oxidation sites excluding steroid dienone is 3. The molecule has 0 saturated heterocycles. The fourth-order valence-electron chi connectivity index (χ4n) is 10.1. The van der Waals surface area contributed by atoms with E-state index in [0.29, 0.717) is 6.54 Å². The molecule has 0 saturated carbocycles. The van der Waals surface area contributed by atoms with E-state index in [-0.39, 0.29) is 0 Å². The maximum atomic E-state index is 2.49. The first kappa shape index (κ1) is 38.0. The molecular formula is C61H46N2. The van der Waals surface area contributed by atoms with Crippen LogP contribution in [-0.2, 0) is 5.41 Å². The molecule has 1 heterocycles. The zero-order valence-electron chi connectivity index (χ0n) is 35.3. The number of benzene rings is 9. The molecule has 0 unspecified atom stereocenters. The Balaban J connectivity index is 1.000. The van der Waals surface area contributed by atoms with Gasteiger partial charge in [0.1, 0.15) is 0 Å². The van der Waals surface area contributed by atoms with Crippen molar-refractivity contribution in [1.29, 1.82) is 0 Å². The van der Waals surface area contributed by atoms with Gasteiger partial charge in [-0.25, -0.2) is 0 Å². The first-order chi connectivity index (χ1) is 31.2. The maximum Gasteiger partial charge on any atom is 0.0711 e. The van der Waals surface area contributed by atoms with Gasteiger partial charge >= 0.3 is 0 Å². The fraction of sp³-hybridized carbons (Fsp3) is 0.0492. The lowest BCUT2D eigenvalue weighted by Gasteiger charge is -2.35. The number of nitrogens with zero attached hydrogens (tertiary/aromatic N) is 2. The van der Waals surface area contributed by atoms with Crippen molar-refractivity contribution in [2.45, 2.75) is 12.3 Å². The minimum Gasteiger partial charge on any atom is -0.338 e. The van der Waals surface area contributed by atoms with E-state index in [0.717, 1.165) is 17.1 Å². The Kier molecular flexibility index (Phi) is 9.75. The summed E-state index contributed by atoms with van der Waals surface area (Å²) in [6, 6.07) is 86.2. The van der Waals surface area contributed by atoms with Gasteiger partial charge in [-0.3, -0.25) is 0 Å². The largest absolute Gasteiger partial charge is 0.338 e. The van der Waals surface area contributed by atoms with Crippen LogP contribution in [0.25, 0.3) is 55.3 Å². The van der Waals surface area contributed by atoms with Crippen LogP contribution in [0.2, 0.25) is 0 Å². The van der Waals surface area contributed by atoms with Crippen molar-refractivity contribution in [2.24, 2.45) is 0 Å². The van der Waals surface area contributed by atoms with Crippen LogP contribution in [0.4, 0.5) is 11.4 Å². The highest BCUT2D eigenvalue weighted by Gasteiger charge is 2.47. The number of rotatable bonds is 9. The molecule has 1 aliphatic carbocycles. The third-order valence-electron chi connectivity index (χ3n) is 13.0. The zero-order chi connectivity index (χ0) is 42.2. The SMILES string of the molecule is CC=C1/C(=C\CN(c2ccc(-c3ccccc3)cc2)c2ccc(-c3ccc(-n4c5ccccc5c5ccccc54)cc3)cc2)C(c2ccccc2)(c2ccccc2)c2ccccc21. The molecule has 0 fully saturated rings. The van der Waals surface area contributed by atoms with Crippen molar-refractivity contribution in [3.63, 3.8) is 0 Å². The van der Waals surface area contributed by atoms with E-state index in [4.69, 9.17) is 0 Å². The minimum absolute atomic E-state index is 0.487. The Morgan fingerprint density at radius 1 is 0.429 bits per heavy atom. The second-order valence-corrected chi connectivity index (χ2v) is 16.3. The van der Waals surface area contributed by atoms with Crippen molar-refractivity contribution in [2.75, 3.05) is 11.4 Å². The monoisotopic (exact) mass is 806 g/mol. The highest BCUT2D eigenvalue weighted by molar-refractivity contribution is 6.09. The Morgan fingerprint density at radius 2 is 0.857 bits per heavy atom. The predicted molar refractivity (Wildman–Crippen MR) is 266 cm³/mol. The van der Waals surface area contributed by atoms with Gasteiger partial charge in [0.25, 0.3) is 0 Å². The van der Waals surface area contributed by atoms with Gasteiger partial charge in [-0.1, -0.05) is 200 Å². The summed E-state index contributed by atoms with van der Waals surface area (Å²) in [5, 5.41) is 2.54. The number of anilines is 2. The lowest BCUT2D eigenvalue weighted by molar-refractivity contribution is 0.765. The van der Waals surface area contributed by atoms with Crippen LogP contribution >= 0.6 is 0 Å². The zero-order valence-corrected chi connectivity index (χ0v) is 35.3. The molecule has 300 valence electrons. The number of hydrogen-bond acceptors (Lipinski definition) is 1. The fourth-order valence-corrected chi connectivity index (χ4v) is 10.1. The Hall–Kier alpha value is -7.94. The maximum absolute atomic E-state index is 2.49. The first-order valence-electron chi connectivity index (χ1n) is 21.9. The second kappa shape index (κ2) is 16.2. The van der Waals surface area contributed by atoms with Crippen LogP contribution in [-0.4, -0.2) is 11.1 Å². The van der Waals surface area contributed by atoms with Crippen LogP contribution in [0.3, 0.4) is 0 Å². The molecule has 2 nitrogen and oxygen atoms in total. The molecule has 9 aromatic carbocycles. The predicted octanol–water partition coefficient (Wildman–Crippen LogP) is 15.6. The molecular weight excluding hydrogens is 761 g/mol. The number of fused-ring (bicyclic) bond motifs is 4. The molecule has 10 aromatic rings. The Bertz CT molecular complexity index is 3170. The van der Waals surface area contributed by atoms with E-state index < -0.39 is 5.41 Å². The van der Waals surface area contributed by atoms with E-state index in [1.54, 1.807) is 0 Å². The molecule has 0 atom stereocenters. The highest BCUT2D eigenvalue weighted by Crippen LogP contribution is 2.57. The van der Waals surface area contributed by atoms with Gasteiger partial charge in [0.2, 0.25) is 0 Å². The average Bonchev–Trinajstić information content (AvgIpc) is 3.85.